The molecule has 1 amide bonds. The first kappa shape index (κ1) is 14.0. The number of likely N-dealkylation sites (tertiary alicyclic amines) is 1. The molecular formula is C10H17ClN4O2. The van der Waals surface area contributed by atoms with E-state index in [1.807, 2.05) is 4.90 Å². The van der Waals surface area contributed by atoms with Crippen molar-refractivity contribution in [2.24, 2.45) is 5.73 Å². The van der Waals surface area contributed by atoms with Crippen LogP contribution in [-0.2, 0) is 4.79 Å². The van der Waals surface area contributed by atoms with Gasteiger partial charge in [-0.15, -0.1) is 12.4 Å². The smallest absolute Gasteiger partial charge is 0.239 e. The van der Waals surface area contributed by atoms with Gasteiger partial charge in [0.2, 0.25) is 5.91 Å². The maximum Gasteiger partial charge on any atom is 0.239 e. The second-order valence-electron chi connectivity index (χ2n) is 4.15. The Bertz CT molecular complexity index is 382. The van der Waals surface area contributed by atoms with Crippen molar-refractivity contribution < 1.29 is 9.32 Å². The first-order valence-corrected chi connectivity index (χ1v) is 5.34. The maximum atomic E-state index is 11.6. The first-order chi connectivity index (χ1) is 7.63. The number of amides is 1. The highest BCUT2D eigenvalue weighted by Gasteiger charge is 2.21. The standard InChI is InChI=1S/C10H16N4O2.ClH/c1-7-4-9(13-16-7)12-10(15)6-14-3-2-8(11)5-14;/h4,8H,2-3,5-6,11H2,1H3,(H,12,13,15);1H. The lowest BCUT2D eigenvalue weighted by atomic mass is 10.3. The van der Waals surface area contributed by atoms with Crippen LogP contribution in [0.4, 0.5) is 5.82 Å². The molecule has 1 aliphatic rings. The molecule has 0 bridgehead atoms. The number of nitrogens with zero attached hydrogens (tertiary/aromatic N) is 2. The summed E-state index contributed by atoms with van der Waals surface area (Å²) in [5.41, 5.74) is 5.76. The van der Waals surface area contributed by atoms with Gasteiger partial charge in [-0.25, -0.2) is 0 Å². The molecule has 0 saturated carbocycles. The van der Waals surface area contributed by atoms with E-state index in [-0.39, 0.29) is 24.4 Å². The summed E-state index contributed by atoms with van der Waals surface area (Å²) in [6, 6.07) is 1.88. The predicted molar refractivity (Wildman–Crippen MR) is 66.2 cm³/mol. The average molecular weight is 261 g/mol. The largest absolute Gasteiger partial charge is 0.360 e. The minimum Gasteiger partial charge on any atom is -0.360 e. The Morgan fingerprint density at radius 2 is 2.53 bits per heavy atom. The number of carbonyl (C=O) groups excluding carboxylic acids is 1. The summed E-state index contributed by atoms with van der Waals surface area (Å²) in [6.45, 7) is 3.81. The summed E-state index contributed by atoms with van der Waals surface area (Å²) in [4.78, 5) is 13.6. The van der Waals surface area contributed by atoms with Crippen LogP contribution >= 0.6 is 12.4 Å². The van der Waals surface area contributed by atoms with Gasteiger partial charge in [-0.3, -0.25) is 9.69 Å². The zero-order chi connectivity index (χ0) is 11.5. The number of anilines is 1. The van der Waals surface area contributed by atoms with Crippen molar-refractivity contribution in [3.63, 3.8) is 0 Å². The number of halogens is 1. The molecule has 1 atom stereocenters. The number of rotatable bonds is 3. The number of nitrogens with one attached hydrogen (secondary N) is 1. The molecule has 1 fully saturated rings. The summed E-state index contributed by atoms with van der Waals surface area (Å²) in [7, 11) is 0. The average Bonchev–Trinajstić information content (AvgIpc) is 2.76. The van der Waals surface area contributed by atoms with Gasteiger partial charge in [0.1, 0.15) is 5.76 Å². The van der Waals surface area contributed by atoms with Gasteiger partial charge in [-0.05, 0) is 13.3 Å². The summed E-state index contributed by atoms with van der Waals surface area (Å²) in [5, 5.41) is 6.37. The molecule has 0 aromatic carbocycles. The van der Waals surface area contributed by atoms with E-state index in [4.69, 9.17) is 10.3 Å². The van der Waals surface area contributed by atoms with Crippen molar-refractivity contribution in [3.8, 4) is 0 Å². The Kier molecular flexibility index (Phi) is 4.92. The summed E-state index contributed by atoms with van der Waals surface area (Å²) in [6.07, 6.45) is 0.955. The fourth-order valence-electron chi connectivity index (χ4n) is 1.82. The zero-order valence-electron chi connectivity index (χ0n) is 9.68. The zero-order valence-corrected chi connectivity index (χ0v) is 10.5. The van der Waals surface area contributed by atoms with Gasteiger partial charge >= 0.3 is 0 Å². The van der Waals surface area contributed by atoms with E-state index in [0.717, 1.165) is 19.5 Å². The lowest BCUT2D eigenvalue weighted by Crippen LogP contribution is -2.33. The van der Waals surface area contributed by atoms with Gasteiger partial charge in [0, 0.05) is 25.2 Å². The molecule has 1 unspecified atom stereocenters. The quantitative estimate of drug-likeness (QED) is 0.821. The molecule has 17 heavy (non-hydrogen) atoms. The highest BCUT2D eigenvalue weighted by Crippen LogP contribution is 2.09. The third-order valence-corrected chi connectivity index (χ3v) is 2.57. The number of hydrogen-bond acceptors (Lipinski definition) is 5. The first-order valence-electron chi connectivity index (χ1n) is 5.34. The highest BCUT2D eigenvalue weighted by molar-refractivity contribution is 5.91. The minimum atomic E-state index is -0.0811. The van der Waals surface area contributed by atoms with Gasteiger partial charge < -0.3 is 15.6 Å². The molecule has 0 radical (unpaired) electrons. The number of aromatic nitrogens is 1. The predicted octanol–water partition coefficient (Wildman–Crippen LogP) is 0.376. The van der Waals surface area contributed by atoms with Crippen molar-refractivity contribution in [1.29, 1.82) is 0 Å². The third-order valence-electron chi connectivity index (χ3n) is 2.57. The van der Waals surface area contributed by atoms with E-state index in [2.05, 4.69) is 10.5 Å². The molecular weight excluding hydrogens is 244 g/mol. The van der Waals surface area contributed by atoms with Gasteiger partial charge in [-0.2, -0.15) is 0 Å². The van der Waals surface area contributed by atoms with Crippen molar-refractivity contribution in [3.05, 3.63) is 11.8 Å². The molecule has 1 aliphatic heterocycles. The van der Waals surface area contributed by atoms with E-state index < -0.39 is 0 Å². The summed E-state index contributed by atoms with van der Waals surface area (Å²) >= 11 is 0. The van der Waals surface area contributed by atoms with Crippen LogP contribution in [0.15, 0.2) is 10.6 Å². The van der Waals surface area contributed by atoms with Crippen LogP contribution in [0.1, 0.15) is 12.2 Å². The lowest BCUT2D eigenvalue weighted by molar-refractivity contribution is -0.117. The van der Waals surface area contributed by atoms with E-state index in [0.29, 0.717) is 18.1 Å². The van der Waals surface area contributed by atoms with Crippen LogP contribution in [-0.4, -0.2) is 41.6 Å². The van der Waals surface area contributed by atoms with Crippen LogP contribution in [0.2, 0.25) is 0 Å². The van der Waals surface area contributed by atoms with Crippen molar-refractivity contribution in [1.82, 2.24) is 10.1 Å². The monoisotopic (exact) mass is 260 g/mol. The molecule has 2 rings (SSSR count). The maximum absolute atomic E-state index is 11.6. The number of carbonyl (C=O) groups is 1. The Morgan fingerprint density at radius 3 is 3.06 bits per heavy atom. The Morgan fingerprint density at radius 1 is 1.76 bits per heavy atom. The van der Waals surface area contributed by atoms with Crippen LogP contribution in [0.25, 0.3) is 0 Å². The number of aryl methyl sites for hydroxylation is 1. The van der Waals surface area contributed by atoms with E-state index in [1.54, 1.807) is 13.0 Å². The van der Waals surface area contributed by atoms with E-state index in [1.165, 1.54) is 0 Å². The molecule has 96 valence electrons. The SMILES string of the molecule is Cc1cc(NC(=O)CN2CCC(N)C2)no1.Cl. The lowest BCUT2D eigenvalue weighted by Gasteiger charge is -2.13. The molecule has 1 saturated heterocycles. The summed E-state index contributed by atoms with van der Waals surface area (Å²) in [5.74, 6) is 1.06. The van der Waals surface area contributed by atoms with Gasteiger partial charge in [0.25, 0.3) is 0 Å². The Balaban J connectivity index is 0.00000144. The minimum absolute atomic E-state index is 0. The molecule has 7 heteroatoms. The van der Waals surface area contributed by atoms with Crippen LogP contribution in [0, 0.1) is 6.92 Å². The second-order valence-corrected chi connectivity index (χ2v) is 4.15. The van der Waals surface area contributed by atoms with Crippen molar-refractivity contribution in [2.45, 2.75) is 19.4 Å². The van der Waals surface area contributed by atoms with Crippen LogP contribution in [0.3, 0.4) is 0 Å². The Labute approximate surface area is 106 Å². The normalized spacial score (nSPS) is 20.0. The molecule has 1 aromatic heterocycles. The topological polar surface area (TPSA) is 84.4 Å². The van der Waals surface area contributed by atoms with Gasteiger partial charge in [0.05, 0.1) is 6.54 Å². The van der Waals surface area contributed by atoms with Crippen LogP contribution < -0.4 is 11.1 Å². The fourth-order valence-corrected chi connectivity index (χ4v) is 1.82. The molecule has 0 spiro atoms. The third kappa shape index (κ3) is 3.99. The molecule has 1 aromatic rings. The molecule has 0 aliphatic carbocycles. The van der Waals surface area contributed by atoms with E-state index in [9.17, 15) is 4.79 Å². The molecule has 3 N–H and O–H groups in total. The van der Waals surface area contributed by atoms with Gasteiger partial charge in [-0.1, -0.05) is 5.16 Å². The summed E-state index contributed by atoms with van der Waals surface area (Å²) < 4.78 is 4.85. The second kappa shape index (κ2) is 6.00. The van der Waals surface area contributed by atoms with Crippen LogP contribution in [0.5, 0.6) is 0 Å². The van der Waals surface area contributed by atoms with Crippen molar-refractivity contribution >= 4 is 24.1 Å². The Hall–Kier alpha value is -1.11. The number of hydrogen-bond donors (Lipinski definition) is 2. The van der Waals surface area contributed by atoms with Gasteiger partial charge in [0.15, 0.2) is 5.82 Å². The highest BCUT2D eigenvalue weighted by atomic mass is 35.5. The molecule has 2 heterocycles. The van der Waals surface area contributed by atoms with E-state index >= 15 is 0 Å². The number of nitrogens with two attached hydrogens (primary N) is 1. The molecule has 6 nitrogen and oxygen atoms in total. The fraction of sp³-hybridized carbons (Fsp3) is 0.600. The van der Waals surface area contributed by atoms with Crippen molar-refractivity contribution in [2.75, 3.05) is 25.0 Å².